The molecule has 8 nitrogen and oxygen atoms in total. The Kier molecular flexibility index (Phi) is 9.19. The van der Waals surface area contributed by atoms with E-state index in [2.05, 4.69) is 25.1 Å². The van der Waals surface area contributed by atoms with E-state index in [0.717, 1.165) is 103 Å². The molecule has 0 radical (unpaired) electrons. The van der Waals surface area contributed by atoms with Gasteiger partial charge < -0.3 is 19.9 Å². The Bertz CT molecular complexity index is 1110. The molecule has 0 bridgehead atoms. The normalized spacial score (nSPS) is 21.1. The zero-order valence-corrected chi connectivity index (χ0v) is 22.5. The van der Waals surface area contributed by atoms with Gasteiger partial charge in [0.25, 0.3) is 5.91 Å². The summed E-state index contributed by atoms with van der Waals surface area (Å²) in [5, 5.41) is 3.00. The number of rotatable bonds is 6. The van der Waals surface area contributed by atoms with Crippen molar-refractivity contribution in [3.8, 4) is 0 Å². The van der Waals surface area contributed by atoms with Gasteiger partial charge in [-0.3, -0.25) is 9.69 Å². The second-order valence-electron chi connectivity index (χ2n) is 10.9. The summed E-state index contributed by atoms with van der Waals surface area (Å²) in [6.07, 6.45) is 2.09. The lowest BCUT2D eigenvalue weighted by atomic mass is 10.0. The number of likely N-dealkylation sites (tertiary alicyclic amines) is 1. The number of nitrogens with one attached hydrogen (secondary N) is 1. The summed E-state index contributed by atoms with van der Waals surface area (Å²) in [6, 6.07) is 4.04. The number of hydrogen-bond donors (Lipinski definition) is 1. The van der Waals surface area contributed by atoms with Crippen molar-refractivity contribution in [2.75, 3.05) is 70.5 Å². The Balaban J connectivity index is 1.22. The summed E-state index contributed by atoms with van der Waals surface area (Å²) >= 11 is 0. The van der Waals surface area contributed by atoms with Crippen LogP contribution in [0.4, 0.5) is 19.0 Å². The highest BCUT2D eigenvalue weighted by atomic mass is 19.4. The Hall–Kier alpha value is -2.50. The van der Waals surface area contributed by atoms with Crippen molar-refractivity contribution in [2.45, 2.75) is 57.2 Å². The number of carbonyl (C=O) groups excluding carboxylic acids is 1. The number of amides is 1. The standard InChI is InChI=1S/C28H39F3N6O2/c29-28(30,31)22-20-25(37-11-3-1-2-4-12-37)33-23-6-7-24(34-26(22)23)27(38)32-21-8-13-36(14-9-21)16-15-35-10-5-18-39-19-17-35/h6-7,20-21H,1-5,8-19H2,(H,32,38). The summed E-state index contributed by atoms with van der Waals surface area (Å²) in [6.45, 7) is 8.79. The van der Waals surface area contributed by atoms with Gasteiger partial charge in [-0.15, -0.1) is 0 Å². The topological polar surface area (TPSA) is 73.8 Å². The molecule has 0 unspecified atom stereocenters. The van der Waals surface area contributed by atoms with E-state index in [1.165, 1.54) is 12.1 Å². The average molecular weight is 549 g/mol. The number of aromatic nitrogens is 2. The molecule has 39 heavy (non-hydrogen) atoms. The number of halogens is 3. The molecular formula is C28H39F3N6O2. The lowest BCUT2D eigenvalue weighted by molar-refractivity contribution is -0.136. The number of alkyl halides is 3. The van der Waals surface area contributed by atoms with Gasteiger partial charge in [0, 0.05) is 65.0 Å². The monoisotopic (exact) mass is 548 g/mol. The van der Waals surface area contributed by atoms with E-state index in [0.29, 0.717) is 18.9 Å². The minimum absolute atomic E-state index is 0.0110. The fourth-order valence-electron chi connectivity index (χ4n) is 5.76. The second kappa shape index (κ2) is 12.8. The number of anilines is 1. The molecule has 214 valence electrons. The third kappa shape index (κ3) is 7.37. The minimum Gasteiger partial charge on any atom is -0.380 e. The third-order valence-electron chi connectivity index (χ3n) is 8.08. The molecule has 2 aromatic rings. The van der Waals surface area contributed by atoms with Crippen molar-refractivity contribution in [1.29, 1.82) is 0 Å². The average Bonchev–Trinajstić information content (AvgIpc) is 3.37. The second-order valence-corrected chi connectivity index (χ2v) is 10.9. The first-order valence-corrected chi connectivity index (χ1v) is 14.3. The van der Waals surface area contributed by atoms with E-state index in [4.69, 9.17) is 4.74 Å². The number of hydrogen-bond acceptors (Lipinski definition) is 7. The molecule has 0 spiro atoms. The van der Waals surface area contributed by atoms with Crippen LogP contribution in [0.2, 0.25) is 0 Å². The molecule has 2 aromatic heterocycles. The summed E-state index contributed by atoms with van der Waals surface area (Å²) < 4.78 is 47.8. The molecule has 1 amide bonds. The van der Waals surface area contributed by atoms with Crippen molar-refractivity contribution in [3.63, 3.8) is 0 Å². The van der Waals surface area contributed by atoms with Gasteiger partial charge in [-0.25, -0.2) is 9.97 Å². The first-order valence-electron chi connectivity index (χ1n) is 14.3. The van der Waals surface area contributed by atoms with E-state index >= 15 is 0 Å². The highest BCUT2D eigenvalue weighted by Crippen LogP contribution is 2.36. The third-order valence-corrected chi connectivity index (χ3v) is 8.08. The smallest absolute Gasteiger partial charge is 0.380 e. The molecule has 3 aliphatic heterocycles. The van der Waals surface area contributed by atoms with Crippen LogP contribution in [0.5, 0.6) is 0 Å². The molecule has 0 aliphatic carbocycles. The molecule has 3 saturated heterocycles. The predicted octanol–water partition coefficient (Wildman–Crippen LogP) is 3.95. The largest absolute Gasteiger partial charge is 0.418 e. The summed E-state index contributed by atoms with van der Waals surface area (Å²) in [7, 11) is 0. The number of piperidine rings is 1. The molecule has 5 rings (SSSR count). The fourth-order valence-corrected chi connectivity index (χ4v) is 5.76. The first-order chi connectivity index (χ1) is 18.9. The van der Waals surface area contributed by atoms with Crippen LogP contribution in [0.25, 0.3) is 11.0 Å². The van der Waals surface area contributed by atoms with Crippen molar-refractivity contribution < 1.29 is 22.7 Å². The lowest BCUT2D eigenvalue weighted by Gasteiger charge is -2.33. The molecule has 0 aromatic carbocycles. The van der Waals surface area contributed by atoms with Gasteiger partial charge >= 0.3 is 6.18 Å². The van der Waals surface area contributed by atoms with E-state index in [1.54, 1.807) is 0 Å². The van der Waals surface area contributed by atoms with Crippen LogP contribution in [0.15, 0.2) is 18.2 Å². The predicted molar refractivity (Wildman–Crippen MR) is 144 cm³/mol. The maximum Gasteiger partial charge on any atom is 0.418 e. The summed E-state index contributed by atoms with van der Waals surface area (Å²) in [5.74, 6) is -0.115. The van der Waals surface area contributed by atoms with Crippen molar-refractivity contribution in [2.24, 2.45) is 0 Å². The van der Waals surface area contributed by atoms with Crippen LogP contribution >= 0.6 is 0 Å². The van der Waals surface area contributed by atoms with E-state index in [-0.39, 0.29) is 22.8 Å². The highest BCUT2D eigenvalue weighted by molar-refractivity contribution is 5.95. The summed E-state index contributed by atoms with van der Waals surface area (Å²) in [5.41, 5.74) is -0.971. The van der Waals surface area contributed by atoms with Crippen LogP contribution in [-0.2, 0) is 10.9 Å². The lowest BCUT2D eigenvalue weighted by Crippen LogP contribution is -2.46. The van der Waals surface area contributed by atoms with Crippen molar-refractivity contribution in [3.05, 3.63) is 29.5 Å². The van der Waals surface area contributed by atoms with Gasteiger partial charge in [0.05, 0.1) is 17.7 Å². The van der Waals surface area contributed by atoms with E-state index in [1.807, 2.05) is 4.90 Å². The molecule has 1 N–H and O–H groups in total. The van der Waals surface area contributed by atoms with Crippen molar-refractivity contribution in [1.82, 2.24) is 25.1 Å². The molecule has 3 fully saturated rings. The molecular weight excluding hydrogens is 509 g/mol. The number of pyridine rings is 2. The maximum atomic E-state index is 14.1. The van der Waals surface area contributed by atoms with Crippen LogP contribution in [0.3, 0.4) is 0 Å². The zero-order chi connectivity index (χ0) is 27.2. The Morgan fingerprint density at radius 1 is 0.897 bits per heavy atom. The fraction of sp³-hybridized carbons (Fsp3) is 0.679. The number of ether oxygens (including phenoxy) is 1. The van der Waals surface area contributed by atoms with Crippen LogP contribution in [0, 0.1) is 0 Å². The number of fused-ring (bicyclic) bond motifs is 1. The summed E-state index contributed by atoms with van der Waals surface area (Å²) in [4.78, 5) is 28.5. The highest BCUT2D eigenvalue weighted by Gasteiger charge is 2.35. The number of nitrogens with zero attached hydrogens (tertiary/aromatic N) is 5. The van der Waals surface area contributed by atoms with Gasteiger partial charge in [0.1, 0.15) is 17.0 Å². The maximum absolute atomic E-state index is 14.1. The quantitative estimate of drug-likeness (QED) is 0.586. The Morgan fingerprint density at radius 3 is 2.33 bits per heavy atom. The molecule has 0 atom stereocenters. The van der Waals surface area contributed by atoms with Crippen LogP contribution in [-0.4, -0.2) is 97.3 Å². The number of carbonyl (C=O) groups is 1. The molecule has 3 aliphatic rings. The van der Waals surface area contributed by atoms with Crippen molar-refractivity contribution >= 4 is 22.8 Å². The van der Waals surface area contributed by atoms with Gasteiger partial charge in [-0.1, -0.05) is 12.8 Å². The van der Waals surface area contributed by atoms with Gasteiger partial charge in [-0.2, -0.15) is 13.2 Å². The van der Waals surface area contributed by atoms with Gasteiger partial charge in [0.2, 0.25) is 0 Å². The Morgan fingerprint density at radius 2 is 1.62 bits per heavy atom. The molecule has 11 heteroatoms. The zero-order valence-electron chi connectivity index (χ0n) is 22.5. The minimum atomic E-state index is -4.60. The van der Waals surface area contributed by atoms with Crippen LogP contribution < -0.4 is 10.2 Å². The first kappa shape index (κ1) is 28.0. The van der Waals surface area contributed by atoms with E-state index in [9.17, 15) is 18.0 Å². The van der Waals surface area contributed by atoms with E-state index < -0.39 is 17.6 Å². The SMILES string of the molecule is O=C(NC1CCN(CCN2CCCOCC2)CC1)c1ccc2nc(N3CCCCCC3)cc(C(F)(F)F)c2n1. The Labute approximate surface area is 227 Å². The van der Waals surface area contributed by atoms with Gasteiger partial charge in [-0.05, 0) is 50.3 Å². The molecule has 0 saturated carbocycles. The van der Waals surface area contributed by atoms with Crippen LogP contribution in [0.1, 0.15) is 61.0 Å². The van der Waals surface area contributed by atoms with Gasteiger partial charge in [0.15, 0.2) is 0 Å². The molecule has 5 heterocycles.